The number of aryl methyl sites for hydroxylation is 1. The first-order chi connectivity index (χ1) is 15.1. The van der Waals surface area contributed by atoms with Crippen LogP contribution in [-0.4, -0.2) is 34.3 Å². The van der Waals surface area contributed by atoms with Crippen LogP contribution in [0.2, 0.25) is 0 Å². The van der Waals surface area contributed by atoms with Gasteiger partial charge in [-0.3, -0.25) is 14.6 Å². The molecule has 0 spiro atoms. The Hall–Kier alpha value is -2.99. The predicted octanol–water partition coefficient (Wildman–Crippen LogP) is 4.55. The number of rotatable bonds is 6. The van der Waals surface area contributed by atoms with E-state index in [1.54, 1.807) is 12.3 Å². The van der Waals surface area contributed by atoms with Gasteiger partial charge in [-0.25, -0.2) is 0 Å². The Morgan fingerprint density at radius 3 is 2.71 bits per heavy atom. The molecule has 1 aliphatic rings. The second kappa shape index (κ2) is 9.88. The maximum absolute atomic E-state index is 13.8. The van der Waals surface area contributed by atoms with E-state index in [-0.39, 0.29) is 17.9 Å². The van der Waals surface area contributed by atoms with Crippen molar-refractivity contribution >= 4 is 23.2 Å². The molecule has 5 nitrogen and oxygen atoms in total. The van der Waals surface area contributed by atoms with Crippen LogP contribution in [0.5, 0.6) is 0 Å². The van der Waals surface area contributed by atoms with Crippen LogP contribution >= 0.6 is 11.3 Å². The van der Waals surface area contributed by atoms with Gasteiger partial charge in [-0.2, -0.15) is 0 Å². The molecule has 160 valence electrons. The number of nitrogens with one attached hydrogen (secondary N) is 1. The molecule has 1 N–H and O–H groups in total. The summed E-state index contributed by atoms with van der Waals surface area (Å²) in [7, 11) is 0. The van der Waals surface area contributed by atoms with E-state index in [4.69, 9.17) is 0 Å². The molecule has 2 atom stereocenters. The lowest BCUT2D eigenvalue weighted by Gasteiger charge is -2.38. The second-order valence-electron chi connectivity index (χ2n) is 8.02. The summed E-state index contributed by atoms with van der Waals surface area (Å²) >= 11 is 1.38. The van der Waals surface area contributed by atoms with Crippen LogP contribution < -0.4 is 5.32 Å². The third-order valence-electron chi connectivity index (χ3n) is 5.76. The number of benzene rings is 1. The summed E-state index contributed by atoms with van der Waals surface area (Å²) in [4.78, 5) is 33.4. The maximum atomic E-state index is 13.8. The molecule has 6 heteroatoms. The van der Waals surface area contributed by atoms with E-state index < -0.39 is 6.04 Å². The van der Waals surface area contributed by atoms with Gasteiger partial charge in [-0.1, -0.05) is 42.0 Å². The highest BCUT2D eigenvalue weighted by molar-refractivity contribution is 7.12. The highest BCUT2D eigenvalue weighted by Gasteiger charge is 2.33. The first-order valence-corrected chi connectivity index (χ1v) is 11.6. The smallest absolute Gasteiger partial charge is 0.262 e. The first kappa shape index (κ1) is 21.2. The van der Waals surface area contributed by atoms with E-state index in [1.165, 1.54) is 16.9 Å². The van der Waals surface area contributed by atoms with Crippen molar-refractivity contribution in [1.82, 2.24) is 15.2 Å². The lowest BCUT2D eigenvalue weighted by atomic mass is 9.94. The first-order valence-electron chi connectivity index (χ1n) is 10.7. The molecule has 1 aliphatic heterocycles. The number of carbonyl (C=O) groups excluding carboxylic acids is 2. The van der Waals surface area contributed by atoms with Crippen LogP contribution in [0.3, 0.4) is 0 Å². The Kier molecular flexibility index (Phi) is 6.77. The average Bonchev–Trinajstić information content (AvgIpc) is 3.35. The highest BCUT2D eigenvalue weighted by atomic mass is 32.1. The lowest BCUT2D eigenvalue weighted by molar-refractivity contribution is -0.137. The van der Waals surface area contributed by atoms with E-state index in [2.05, 4.69) is 10.3 Å². The molecule has 0 saturated carbocycles. The third kappa shape index (κ3) is 5.20. The number of piperidine rings is 1. The van der Waals surface area contributed by atoms with Gasteiger partial charge in [0, 0.05) is 25.4 Å². The second-order valence-corrected chi connectivity index (χ2v) is 8.97. The fourth-order valence-electron chi connectivity index (χ4n) is 4.11. The van der Waals surface area contributed by atoms with Crippen molar-refractivity contribution in [2.75, 3.05) is 6.54 Å². The quantitative estimate of drug-likeness (QED) is 0.620. The molecule has 4 rings (SSSR count). The Morgan fingerprint density at radius 2 is 2.00 bits per heavy atom. The molecule has 1 fully saturated rings. The maximum Gasteiger partial charge on any atom is 0.262 e. The van der Waals surface area contributed by atoms with Crippen molar-refractivity contribution in [3.8, 4) is 0 Å². The summed E-state index contributed by atoms with van der Waals surface area (Å²) in [6.45, 7) is 2.73. The molecule has 0 bridgehead atoms. The molecule has 3 heterocycles. The zero-order chi connectivity index (χ0) is 21.6. The van der Waals surface area contributed by atoms with Gasteiger partial charge in [-0.15, -0.1) is 11.3 Å². The molecular formula is C25H27N3O2S. The number of amides is 2. The topological polar surface area (TPSA) is 62.3 Å². The molecule has 0 unspecified atom stereocenters. The van der Waals surface area contributed by atoms with Crippen molar-refractivity contribution < 1.29 is 9.59 Å². The number of hydrogen-bond acceptors (Lipinski definition) is 4. The van der Waals surface area contributed by atoms with Crippen molar-refractivity contribution in [3.05, 3.63) is 87.9 Å². The Morgan fingerprint density at radius 1 is 1.16 bits per heavy atom. The summed E-state index contributed by atoms with van der Waals surface area (Å²) in [6, 6.07) is 15.1. The molecule has 3 aromatic rings. The number of carbonyl (C=O) groups is 2. The zero-order valence-electron chi connectivity index (χ0n) is 17.7. The average molecular weight is 434 g/mol. The van der Waals surface area contributed by atoms with Crippen molar-refractivity contribution in [3.63, 3.8) is 0 Å². The monoisotopic (exact) mass is 433 g/mol. The minimum atomic E-state index is -0.616. The van der Waals surface area contributed by atoms with Gasteiger partial charge >= 0.3 is 0 Å². The van der Waals surface area contributed by atoms with Crippen LogP contribution in [0.1, 0.15) is 51.7 Å². The molecule has 31 heavy (non-hydrogen) atoms. The number of pyridine rings is 1. The Bertz CT molecular complexity index is 1000. The summed E-state index contributed by atoms with van der Waals surface area (Å²) in [6.07, 6.45) is 7.02. The summed E-state index contributed by atoms with van der Waals surface area (Å²) < 4.78 is 0. The fraction of sp³-hybridized carbons (Fsp3) is 0.320. The molecule has 1 saturated heterocycles. The fourth-order valence-corrected chi connectivity index (χ4v) is 4.74. The molecule has 0 aliphatic carbocycles. The van der Waals surface area contributed by atoms with Crippen LogP contribution in [0, 0.1) is 6.92 Å². The van der Waals surface area contributed by atoms with Crippen LogP contribution in [-0.2, 0) is 11.2 Å². The van der Waals surface area contributed by atoms with Gasteiger partial charge < -0.3 is 10.2 Å². The number of hydrogen-bond donors (Lipinski definition) is 1. The van der Waals surface area contributed by atoms with Gasteiger partial charge in [0.25, 0.3) is 5.91 Å². The molecule has 2 amide bonds. The molecule has 1 aromatic carbocycles. The normalized spacial score (nSPS) is 17.2. The number of likely N-dealkylation sites (tertiary alicyclic amines) is 1. The van der Waals surface area contributed by atoms with E-state index >= 15 is 0 Å². The standard InChI is InChI=1S/C25H27N3O2S/c1-18-9-11-19(12-10-18)16-21(27-24(29)23-8-5-15-31-23)25(30)28-14-3-2-7-22(28)20-6-4-13-26-17-20/h4-6,8-13,15,17,21-22H,2-3,7,14,16H2,1H3,(H,27,29)/t21-,22+/m0/s1. The van der Waals surface area contributed by atoms with Gasteiger partial charge in [0.15, 0.2) is 0 Å². The van der Waals surface area contributed by atoms with E-state index in [1.807, 2.05) is 65.9 Å². The van der Waals surface area contributed by atoms with Crippen molar-refractivity contribution in [2.24, 2.45) is 0 Å². The van der Waals surface area contributed by atoms with Gasteiger partial charge in [0.05, 0.1) is 10.9 Å². The largest absolute Gasteiger partial charge is 0.339 e. The third-order valence-corrected chi connectivity index (χ3v) is 6.63. The number of aromatic nitrogens is 1. The Labute approximate surface area is 187 Å². The minimum absolute atomic E-state index is 0.00546. The zero-order valence-corrected chi connectivity index (χ0v) is 18.5. The van der Waals surface area contributed by atoms with E-state index in [9.17, 15) is 9.59 Å². The van der Waals surface area contributed by atoms with E-state index in [0.717, 1.165) is 30.4 Å². The van der Waals surface area contributed by atoms with Gasteiger partial charge in [0.1, 0.15) is 6.04 Å². The molecular weight excluding hydrogens is 406 g/mol. The SMILES string of the molecule is Cc1ccc(C[C@H](NC(=O)c2cccs2)C(=O)N2CCCC[C@@H]2c2cccnc2)cc1. The van der Waals surface area contributed by atoms with Gasteiger partial charge in [-0.05, 0) is 54.8 Å². The molecule has 0 radical (unpaired) electrons. The lowest BCUT2D eigenvalue weighted by Crippen LogP contribution is -2.51. The Balaban J connectivity index is 1.59. The summed E-state index contributed by atoms with van der Waals surface area (Å²) in [5.74, 6) is -0.227. The van der Waals surface area contributed by atoms with Crippen LogP contribution in [0.15, 0.2) is 66.3 Å². The highest BCUT2D eigenvalue weighted by Crippen LogP contribution is 2.31. The van der Waals surface area contributed by atoms with Crippen LogP contribution in [0.25, 0.3) is 0 Å². The number of thiophene rings is 1. The summed E-state index contributed by atoms with van der Waals surface area (Å²) in [5.41, 5.74) is 3.25. The summed E-state index contributed by atoms with van der Waals surface area (Å²) in [5, 5.41) is 4.89. The van der Waals surface area contributed by atoms with Crippen molar-refractivity contribution in [1.29, 1.82) is 0 Å². The number of nitrogens with zero attached hydrogens (tertiary/aromatic N) is 2. The van der Waals surface area contributed by atoms with Gasteiger partial charge in [0.2, 0.25) is 5.91 Å². The van der Waals surface area contributed by atoms with E-state index in [0.29, 0.717) is 17.8 Å². The molecule has 2 aromatic heterocycles. The van der Waals surface area contributed by atoms with Crippen molar-refractivity contribution in [2.45, 2.75) is 44.7 Å². The predicted molar refractivity (Wildman–Crippen MR) is 123 cm³/mol. The minimum Gasteiger partial charge on any atom is -0.339 e. The van der Waals surface area contributed by atoms with Crippen LogP contribution in [0.4, 0.5) is 0 Å².